The zero-order valence-corrected chi connectivity index (χ0v) is 12.8. The second kappa shape index (κ2) is 6.02. The first kappa shape index (κ1) is 15.1. The molecule has 0 aromatic heterocycles. The van der Waals surface area contributed by atoms with Crippen LogP contribution in [0.3, 0.4) is 0 Å². The number of methoxy groups -OCH3 is 1. The van der Waals surface area contributed by atoms with E-state index in [2.05, 4.69) is 26.1 Å². The Morgan fingerprint density at radius 1 is 1.45 bits per heavy atom. The van der Waals surface area contributed by atoms with Crippen molar-refractivity contribution in [1.82, 2.24) is 5.32 Å². The average Bonchev–Trinajstić information content (AvgIpc) is 2.38. The fourth-order valence-corrected chi connectivity index (χ4v) is 2.79. The molecule has 1 aromatic carbocycles. The highest BCUT2D eigenvalue weighted by molar-refractivity contribution is 5.42. The van der Waals surface area contributed by atoms with Gasteiger partial charge >= 0.3 is 0 Å². The molecule has 4 heteroatoms. The highest BCUT2D eigenvalue weighted by Crippen LogP contribution is 2.30. The van der Waals surface area contributed by atoms with E-state index in [1.807, 2.05) is 12.1 Å². The predicted molar refractivity (Wildman–Crippen MR) is 79.3 cm³/mol. The first-order valence-electron chi connectivity index (χ1n) is 7.18. The zero-order chi connectivity index (χ0) is 14.8. The van der Waals surface area contributed by atoms with Crippen LogP contribution in [0.2, 0.25) is 0 Å². The molecule has 20 heavy (non-hydrogen) atoms. The van der Waals surface area contributed by atoms with Gasteiger partial charge in [-0.15, -0.1) is 0 Å². The van der Waals surface area contributed by atoms with Gasteiger partial charge in [-0.05, 0) is 51.3 Å². The summed E-state index contributed by atoms with van der Waals surface area (Å²) in [5.41, 5.74) is 1.06. The number of ether oxygens (including phenoxy) is 2. The van der Waals surface area contributed by atoms with Crippen molar-refractivity contribution >= 4 is 0 Å². The van der Waals surface area contributed by atoms with Crippen LogP contribution in [0.15, 0.2) is 18.2 Å². The molecule has 0 radical (unpaired) electrons. The fraction of sp³-hybridized carbons (Fsp3) is 0.625. The van der Waals surface area contributed by atoms with Crippen molar-refractivity contribution in [3.05, 3.63) is 23.8 Å². The summed E-state index contributed by atoms with van der Waals surface area (Å²) in [5.74, 6) is 0.694. The molecule has 2 unspecified atom stereocenters. The molecular formula is C16H25NO3. The summed E-state index contributed by atoms with van der Waals surface area (Å²) in [6.07, 6.45) is 2.04. The third kappa shape index (κ3) is 3.64. The van der Waals surface area contributed by atoms with Gasteiger partial charge < -0.3 is 19.9 Å². The number of phenolic OH excluding ortho intramolecular Hbond substituents is 1. The van der Waals surface area contributed by atoms with E-state index < -0.39 is 0 Å². The van der Waals surface area contributed by atoms with Gasteiger partial charge in [0.1, 0.15) is 0 Å². The molecule has 0 spiro atoms. The molecule has 0 aliphatic carbocycles. The molecule has 1 fully saturated rings. The maximum atomic E-state index is 9.64. The van der Waals surface area contributed by atoms with Crippen molar-refractivity contribution in [3.63, 3.8) is 0 Å². The van der Waals surface area contributed by atoms with E-state index in [1.165, 1.54) is 0 Å². The van der Waals surface area contributed by atoms with Crippen molar-refractivity contribution in [1.29, 1.82) is 0 Å². The lowest BCUT2D eigenvalue weighted by molar-refractivity contribution is -0.0640. The number of phenols is 1. The van der Waals surface area contributed by atoms with Crippen LogP contribution in [0.1, 0.15) is 45.2 Å². The molecule has 2 rings (SSSR count). The Bertz CT molecular complexity index is 459. The first-order chi connectivity index (χ1) is 9.41. The van der Waals surface area contributed by atoms with Gasteiger partial charge in [-0.25, -0.2) is 0 Å². The quantitative estimate of drug-likeness (QED) is 0.889. The van der Waals surface area contributed by atoms with Gasteiger partial charge in [0, 0.05) is 18.7 Å². The smallest absolute Gasteiger partial charge is 0.160 e. The van der Waals surface area contributed by atoms with E-state index in [1.54, 1.807) is 13.2 Å². The average molecular weight is 279 g/mol. The monoisotopic (exact) mass is 279 g/mol. The maximum absolute atomic E-state index is 9.64. The van der Waals surface area contributed by atoms with Crippen LogP contribution < -0.4 is 10.1 Å². The van der Waals surface area contributed by atoms with Gasteiger partial charge in [0.2, 0.25) is 0 Å². The SMILES string of the molecule is COc1cc(C(C)NC2CCOC(C)(C)C2)ccc1O. The molecule has 1 aliphatic heterocycles. The Kier molecular flexibility index (Phi) is 4.55. The highest BCUT2D eigenvalue weighted by Gasteiger charge is 2.29. The Hall–Kier alpha value is -1.26. The fourth-order valence-electron chi connectivity index (χ4n) is 2.79. The molecule has 0 saturated carbocycles. The lowest BCUT2D eigenvalue weighted by Crippen LogP contribution is -2.44. The van der Waals surface area contributed by atoms with Crippen molar-refractivity contribution in [3.8, 4) is 11.5 Å². The number of rotatable bonds is 4. The molecule has 0 bridgehead atoms. The molecular weight excluding hydrogens is 254 g/mol. The molecule has 2 atom stereocenters. The Balaban J connectivity index is 2.02. The van der Waals surface area contributed by atoms with Crippen molar-refractivity contribution in [2.75, 3.05) is 13.7 Å². The molecule has 1 heterocycles. The third-order valence-corrected chi connectivity index (χ3v) is 3.89. The van der Waals surface area contributed by atoms with E-state index in [0.29, 0.717) is 11.8 Å². The molecule has 0 amide bonds. The number of nitrogens with one attached hydrogen (secondary N) is 1. The van der Waals surface area contributed by atoms with Crippen LogP contribution >= 0.6 is 0 Å². The summed E-state index contributed by atoms with van der Waals surface area (Å²) in [7, 11) is 1.57. The predicted octanol–water partition coefficient (Wildman–Crippen LogP) is 3.01. The number of aromatic hydroxyl groups is 1. The Morgan fingerprint density at radius 3 is 2.85 bits per heavy atom. The maximum Gasteiger partial charge on any atom is 0.160 e. The van der Waals surface area contributed by atoms with Gasteiger partial charge in [0.15, 0.2) is 11.5 Å². The van der Waals surface area contributed by atoms with Crippen LogP contribution in [0.25, 0.3) is 0 Å². The first-order valence-corrected chi connectivity index (χ1v) is 7.18. The second-order valence-electron chi connectivity index (χ2n) is 6.12. The van der Waals surface area contributed by atoms with Gasteiger partial charge in [-0.1, -0.05) is 6.07 Å². The Morgan fingerprint density at radius 2 is 2.20 bits per heavy atom. The van der Waals surface area contributed by atoms with E-state index in [9.17, 15) is 5.11 Å². The van der Waals surface area contributed by atoms with E-state index >= 15 is 0 Å². The van der Waals surface area contributed by atoms with Gasteiger partial charge in [-0.3, -0.25) is 0 Å². The zero-order valence-electron chi connectivity index (χ0n) is 12.8. The largest absolute Gasteiger partial charge is 0.504 e. The summed E-state index contributed by atoms with van der Waals surface area (Å²) in [6.45, 7) is 7.20. The van der Waals surface area contributed by atoms with Crippen LogP contribution in [0, 0.1) is 0 Å². The standard InChI is InChI=1S/C16H25NO3/c1-11(12-5-6-14(18)15(9-12)19-4)17-13-7-8-20-16(2,3)10-13/h5-6,9,11,13,17-18H,7-8,10H2,1-4H3. The molecule has 112 valence electrons. The van der Waals surface area contributed by atoms with Crippen LogP contribution in [-0.4, -0.2) is 30.5 Å². The summed E-state index contributed by atoms with van der Waals surface area (Å²) < 4.78 is 10.9. The highest BCUT2D eigenvalue weighted by atomic mass is 16.5. The van der Waals surface area contributed by atoms with Gasteiger partial charge in [-0.2, -0.15) is 0 Å². The lowest BCUT2D eigenvalue weighted by Gasteiger charge is -2.37. The van der Waals surface area contributed by atoms with E-state index in [0.717, 1.165) is 25.0 Å². The molecule has 1 saturated heterocycles. The van der Waals surface area contributed by atoms with Crippen molar-refractivity contribution < 1.29 is 14.6 Å². The van der Waals surface area contributed by atoms with Crippen LogP contribution in [0.5, 0.6) is 11.5 Å². The van der Waals surface area contributed by atoms with Crippen LogP contribution in [-0.2, 0) is 4.74 Å². The summed E-state index contributed by atoms with van der Waals surface area (Å²) >= 11 is 0. The topological polar surface area (TPSA) is 50.7 Å². The third-order valence-electron chi connectivity index (χ3n) is 3.89. The minimum atomic E-state index is -0.0533. The van der Waals surface area contributed by atoms with Crippen LogP contribution in [0.4, 0.5) is 0 Å². The molecule has 1 aromatic rings. The van der Waals surface area contributed by atoms with E-state index in [4.69, 9.17) is 9.47 Å². The van der Waals surface area contributed by atoms with Gasteiger partial charge in [0.05, 0.1) is 12.7 Å². The normalized spacial score (nSPS) is 23.3. The second-order valence-corrected chi connectivity index (χ2v) is 6.12. The lowest BCUT2D eigenvalue weighted by atomic mass is 9.93. The number of benzene rings is 1. The minimum Gasteiger partial charge on any atom is -0.504 e. The van der Waals surface area contributed by atoms with E-state index in [-0.39, 0.29) is 17.4 Å². The number of hydrogen-bond acceptors (Lipinski definition) is 4. The number of hydrogen-bond donors (Lipinski definition) is 2. The summed E-state index contributed by atoms with van der Waals surface area (Å²) in [4.78, 5) is 0. The summed E-state index contributed by atoms with van der Waals surface area (Å²) in [6, 6.07) is 6.16. The molecule has 4 nitrogen and oxygen atoms in total. The van der Waals surface area contributed by atoms with Crippen molar-refractivity contribution in [2.45, 2.75) is 51.3 Å². The molecule has 2 N–H and O–H groups in total. The Labute approximate surface area is 121 Å². The minimum absolute atomic E-state index is 0.0533. The van der Waals surface area contributed by atoms with Crippen molar-refractivity contribution in [2.24, 2.45) is 0 Å². The molecule has 1 aliphatic rings. The summed E-state index contributed by atoms with van der Waals surface area (Å²) in [5, 5.41) is 13.3. The van der Waals surface area contributed by atoms with Gasteiger partial charge in [0.25, 0.3) is 0 Å².